The Morgan fingerprint density at radius 1 is 1.00 bits per heavy atom. The van der Waals surface area contributed by atoms with Crippen LogP contribution >= 0.6 is 11.6 Å². The lowest BCUT2D eigenvalue weighted by molar-refractivity contribution is -0.137. The molecule has 0 spiro atoms. The SMILES string of the molecule is NCCNCCNCc1cccc(-c2ccc(Oc3ncc(C(F)(F)F)cc3Cl)cc2)n1. The summed E-state index contributed by atoms with van der Waals surface area (Å²) in [6, 6.07) is 13.5. The molecule has 0 aliphatic heterocycles. The lowest BCUT2D eigenvalue weighted by Crippen LogP contribution is -2.30. The van der Waals surface area contributed by atoms with Crippen molar-refractivity contribution in [3.63, 3.8) is 0 Å². The number of pyridine rings is 2. The Kier molecular flexibility index (Phi) is 8.40. The number of benzene rings is 1. The fourth-order valence-electron chi connectivity index (χ4n) is 2.82. The fourth-order valence-corrected chi connectivity index (χ4v) is 3.02. The minimum Gasteiger partial charge on any atom is -0.438 e. The second-order valence-electron chi connectivity index (χ2n) is 6.86. The highest BCUT2D eigenvalue weighted by Crippen LogP contribution is 2.35. The highest BCUT2D eigenvalue weighted by atomic mass is 35.5. The van der Waals surface area contributed by atoms with Gasteiger partial charge in [-0.1, -0.05) is 17.7 Å². The number of halogens is 4. The van der Waals surface area contributed by atoms with Crippen LogP contribution in [0.3, 0.4) is 0 Å². The van der Waals surface area contributed by atoms with Gasteiger partial charge in [0.25, 0.3) is 0 Å². The van der Waals surface area contributed by atoms with E-state index in [0.717, 1.165) is 42.7 Å². The van der Waals surface area contributed by atoms with Gasteiger partial charge in [0, 0.05) is 44.5 Å². The number of aromatic nitrogens is 2. The second-order valence-corrected chi connectivity index (χ2v) is 7.27. The first-order valence-electron chi connectivity index (χ1n) is 9.95. The molecule has 4 N–H and O–H groups in total. The van der Waals surface area contributed by atoms with Crippen molar-refractivity contribution in [2.45, 2.75) is 12.7 Å². The number of hydrogen-bond acceptors (Lipinski definition) is 6. The maximum absolute atomic E-state index is 12.7. The molecule has 3 aromatic rings. The molecule has 2 heterocycles. The Labute approximate surface area is 189 Å². The van der Waals surface area contributed by atoms with E-state index in [-0.39, 0.29) is 10.9 Å². The molecule has 0 aliphatic carbocycles. The number of ether oxygens (including phenoxy) is 1. The number of hydrogen-bond donors (Lipinski definition) is 3. The molecule has 3 rings (SSSR count). The average Bonchev–Trinajstić information content (AvgIpc) is 2.77. The summed E-state index contributed by atoms with van der Waals surface area (Å²) in [5, 5.41) is 6.31. The van der Waals surface area contributed by atoms with E-state index in [1.54, 1.807) is 12.1 Å². The van der Waals surface area contributed by atoms with E-state index in [1.165, 1.54) is 0 Å². The number of alkyl halides is 3. The summed E-state index contributed by atoms with van der Waals surface area (Å²) in [4.78, 5) is 8.33. The number of nitrogens with one attached hydrogen (secondary N) is 2. The van der Waals surface area contributed by atoms with Crippen LogP contribution in [0.1, 0.15) is 11.3 Å². The molecule has 0 aliphatic rings. The van der Waals surface area contributed by atoms with Gasteiger partial charge in [-0.25, -0.2) is 4.98 Å². The molecular weight excluding hydrogens is 443 g/mol. The molecular formula is C22H23ClF3N5O. The molecule has 32 heavy (non-hydrogen) atoms. The zero-order chi connectivity index (χ0) is 23.0. The third-order valence-corrected chi connectivity index (χ3v) is 4.68. The van der Waals surface area contributed by atoms with E-state index >= 15 is 0 Å². The minimum atomic E-state index is -4.52. The van der Waals surface area contributed by atoms with Gasteiger partial charge in [0.05, 0.1) is 17.0 Å². The Bertz CT molecular complexity index is 1020. The molecule has 0 saturated carbocycles. The normalized spacial score (nSPS) is 11.5. The first-order valence-corrected chi connectivity index (χ1v) is 10.3. The third kappa shape index (κ3) is 6.89. The molecule has 0 saturated heterocycles. The van der Waals surface area contributed by atoms with Crippen molar-refractivity contribution in [1.29, 1.82) is 0 Å². The summed E-state index contributed by atoms with van der Waals surface area (Å²) in [5.74, 6) is 0.297. The summed E-state index contributed by atoms with van der Waals surface area (Å²) >= 11 is 5.89. The molecule has 0 unspecified atom stereocenters. The number of nitrogens with zero attached hydrogens (tertiary/aromatic N) is 2. The molecule has 6 nitrogen and oxygen atoms in total. The smallest absolute Gasteiger partial charge is 0.417 e. The van der Waals surface area contributed by atoms with Crippen LogP contribution < -0.4 is 21.1 Å². The molecule has 0 fully saturated rings. The van der Waals surface area contributed by atoms with Crippen molar-refractivity contribution < 1.29 is 17.9 Å². The van der Waals surface area contributed by atoms with E-state index in [9.17, 15) is 13.2 Å². The lowest BCUT2D eigenvalue weighted by atomic mass is 10.1. The summed E-state index contributed by atoms with van der Waals surface area (Å²) in [5.41, 5.74) is 7.07. The van der Waals surface area contributed by atoms with Crippen molar-refractivity contribution in [1.82, 2.24) is 20.6 Å². The van der Waals surface area contributed by atoms with Gasteiger partial charge in [-0.15, -0.1) is 0 Å². The summed E-state index contributed by atoms with van der Waals surface area (Å²) in [6.45, 7) is 3.67. The molecule has 0 bridgehead atoms. The predicted octanol–water partition coefficient (Wildman–Crippen LogP) is 4.25. The van der Waals surface area contributed by atoms with Gasteiger partial charge in [0.1, 0.15) is 10.8 Å². The Morgan fingerprint density at radius 3 is 2.44 bits per heavy atom. The Morgan fingerprint density at radius 2 is 1.75 bits per heavy atom. The first kappa shape index (κ1) is 23.9. The van der Waals surface area contributed by atoms with E-state index in [4.69, 9.17) is 22.1 Å². The molecule has 0 amide bonds. The monoisotopic (exact) mass is 465 g/mol. The molecule has 1 aromatic carbocycles. The lowest BCUT2D eigenvalue weighted by Gasteiger charge is -2.11. The largest absolute Gasteiger partial charge is 0.438 e. The topological polar surface area (TPSA) is 85.1 Å². The first-order chi connectivity index (χ1) is 15.4. The van der Waals surface area contributed by atoms with E-state index in [0.29, 0.717) is 25.0 Å². The van der Waals surface area contributed by atoms with Gasteiger partial charge in [-0.2, -0.15) is 13.2 Å². The standard InChI is InChI=1S/C22H23ClF3N5O/c23-19-12-16(22(24,25)26)13-30-21(19)32-18-6-4-15(5-7-18)20-3-1-2-17(31-20)14-29-11-10-28-9-8-27/h1-7,12-13,28-29H,8-11,14,27H2. The number of nitrogens with two attached hydrogens (primary N) is 1. The molecule has 170 valence electrons. The third-order valence-electron chi connectivity index (χ3n) is 4.41. The van der Waals surface area contributed by atoms with Crippen molar-refractivity contribution >= 4 is 11.6 Å². The van der Waals surface area contributed by atoms with Gasteiger partial charge >= 0.3 is 6.18 Å². The zero-order valence-corrected chi connectivity index (χ0v) is 17.9. The van der Waals surface area contributed by atoms with Gasteiger partial charge in [0.15, 0.2) is 0 Å². The molecule has 10 heteroatoms. The van der Waals surface area contributed by atoms with Crippen molar-refractivity contribution in [2.75, 3.05) is 26.2 Å². The van der Waals surface area contributed by atoms with Gasteiger partial charge in [0.2, 0.25) is 5.88 Å². The van der Waals surface area contributed by atoms with Gasteiger partial charge in [-0.3, -0.25) is 4.98 Å². The van der Waals surface area contributed by atoms with Crippen LogP contribution in [-0.2, 0) is 12.7 Å². The van der Waals surface area contributed by atoms with Crippen LogP contribution in [0.15, 0.2) is 54.7 Å². The van der Waals surface area contributed by atoms with E-state index in [1.807, 2.05) is 30.3 Å². The van der Waals surface area contributed by atoms with Crippen LogP contribution in [0.25, 0.3) is 11.3 Å². The maximum Gasteiger partial charge on any atom is 0.417 e. The van der Waals surface area contributed by atoms with Crippen LogP contribution in [0.2, 0.25) is 5.02 Å². The molecule has 0 atom stereocenters. The van der Waals surface area contributed by atoms with Crippen LogP contribution in [-0.4, -0.2) is 36.1 Å². The zero-order valence-electron chi connectivity index (χ0n) is 17.1. The van der Waals surface area contributed by atoms with Crippen LogP contribution in [0.4, 0.5) is 13.2 Å². The highest BCUT2D eigenvalue weighted by molar-refractivity contribution is 6.31. The average molecular weight is 466 g/mol. The van der Waals surface area contributed by atoms with Crippen molar-refractivity contribution in [3.8, 4) is 22.9 Å². The van der Waals surface area contributed by atoms with Crippen molar-refractivity contribution in [3.05, 3.63) is 71.0 Å². The molecule has 2 aromatic heterocycles. The maximum atomic E-state index is 12.7. The van der Waals surface area contributed by atoms with E-state index in [2.05, 4.69) is 20.6 Å². The van der Waals surface area contributed by atoms with Crippen LogP contribution in [0, 0.1) is 0 Å². The Hall–Kier alpha value is -2.72. The van der Waals surface area contributed by atoms with Gasteiger partial charge < -0.3 is 21.1 Å². The fraction of sp³-hybridized carbons (Fsp3) is 0.273. The highest BCUT2D eigenvalue weighted by Gasteiger charge is 2.31. The Balaban J connectivity index is 1.61. The van der Waals surface area contributed by atoms with Gasteiger partial charge in [-0.05, 0) is 42.5 Å². The second kappa shape index (κ2) is 11.2. The number of rotatable bonds is 10. The van der Waals surface area contributed by atoms with Crippen LogP contribution in [0.5, 0.6) is 11.6 Å². The molecule has 0 radical (unpaired) electrons. The van der Waals surface area contributed by atoms with E-state index < -0.39 is 11.7 Å². The minimum absolute atomic E-state index is 0.0976. The predicted molar refractivity (Wildman–Crippen MR) is 118 cm³/mol. The summed E-state index contributed by atoms with van der Waals surface area (Å²) in [7, 11) is 0. The van der Waals surface area contributed by atoms with Crippen molar-refractivity contribution in [2.24, 2.45) is 5.73 Å². The summed E-state index contributed by atoms with van der Waals surface area (Å²) in [6.07, 6.45) is -3.83. The summed E-state index contributed by atoms with van der Waals surface area (Å²) < 4.78 is 43.7. The quantitative estimate of drug-likeness (QED) is 0.388.